The Kier molecular flexibility index (Phi) is 5.07. The minimum atomic E-state index is 0.151. The summed E-state index contributed by atoms with van der Waals surface area (Å²) in [5, 5.41) is 3.63. The highest BCUT2D eigenvalue weighted by Crippen LogP contribution is 2.44. The van der Waals surface area contributed by atoms with Crippen molar-refractivity contribution in [2.75, 3.05) is 13.2 Å². The Hall–Kier alpha value is -0.320. The normalized spacial score (nSPS) is 26.9. The van der Waals surface area contributed by atoms with Crippen molar-refractivity contribution in [1.29, 1.82) is 0 Å². The van der Waals surface area contributed by atoms with Gasteiger partial charge in [-0.1, -0.05) is 26.2 Å². The summed E-state index contributed by atoms with van der Waals surface area (Å²) < 4.78 is 12.9. The van der Waals surface area contributed by atoms with Gasteiger partial charge in [0.1, 0.15) is 5.76 Å². The Morgan fingerprint density at radius 3 is 2.81 bits per heavy atom. The molecular weight excluding hydrogens is 330 g/mol. The van der Waals surface area contributed by atoms with E-state index in [1.54, 1.807) is 0 Å². The number of nitrogens with one attached hydrogen (secondary N) is 1. The number of hydrogen-bond acceptors (Lipinski definition) is 3. The van der Waals surface area contributed by atoms with Crippen LogP contribution in [0.2, 0.25) is 0 Å². The van der Waals surface area contributed by atoms with Gasteiger partial charge in [-0.25, -0.2) is 0 Å². The third-order valence-corrected chi connectivity index (χ3v) is 5.52. The monoisotopic (exact) mass is 355 g/mol. The van der Waals surface area contributed by atoms with Gasteiger partial charge in [-0.2, -0.15) is 0 Å². The van der Waals surface area contributed by atoms with Gasteiger partial charge in [0.25, 0.3) is 0 Å². The maximum atomic E-state index is 6.24. The maximum Gasteiger partial charge on any atom is 0.169 e. The van der Waals surface area contributed by atoms with Crippen molar-refractivity contribution in [3.63, 3.8) is 0 Å². The Morgan fingerprint density at radius 1 is 1.33 bits per heavy atom. The second-order valence-electron chi connectivity index (χ2n) is 6.52. The van der Waals surface area contributed by atoms with E-state index in [2.05, 4.69) is 34.2 Å². The van der Waals surface area contributed by atoms with E-state index in [1.807, 2.05) is 6.07 Å². The molecule has 0 bridgehead atoms. The first-order valence-electron chi connectivity index (χ1n) is 8.35. The van der Waals surface area contributed by atoms with Gasteiger partial charge in [0.15, 0.2) is 4.67 Å². The molecule has 1 saturated carbocycles. The van der Waals surface area contributed by atoms with Crippen LogP contribution in [-0.4, -0.2) is 18.8 Å². The van der Waals surface area contributed by atoms with E-state index in [9.17, 15) is 0 Å². The zero-order chi connectivity index (χ0) is 14.7. The summed E-state index contributed by atoms with van der Waals surface area (Å²) in [4.78, 5) is 0. The average Bonchev–Trinajstić information content (AvgIpc) is 2.92. The van der Waals surface area contributed by atoms with E-state index in [0.29, 0.717) is 12.0 Å². The fourth-order valence-electron chi connectivity index (χ4n) is 4.11. The van der Waals surface area contributed by atoms with E-state index in [0.717, 1.165) is 30.0 Å². The zero-order valence-electron chi connectivity index (χ0n) is 12.9. The summed E-state index contributed by atoms with van der Waals surface area (Å²) in [6.07, 6.45) is 8.79. The lowest BCUT2D eigenvalue weighted by Crippen LogP contribution is -2.44. The zero-order valence-corrected chi connectivity index (χ0v) is 14.5. The van der Waals surface area contributed by atoms with Crippen molar-refractivity contribution in [3.8, 4) is 0 Å². The van der Waals surface area contributed by atoms with E-state index < -0.39 is 0 Å². The molecule has 1 aliphatic carbocycles. The van der Waals surface area contributed by atoms with Gasteiger partial charge in [-0.15, -0.1) is 0 Å². The molecule has 1 aromatic rings. The highest BCUT2D eigenvalue weighted by atomic mass is 79.9. The predicted molar refractivity (Wildman–Crippen MR) is 87.3 cm³/mol. The Bertz CT molecular complexity index is 448. The van der Waals surface area contributed by atoms with Crippen LogP contribution < -0.4 is 5.32 Å². The topological polar surface area (TPSA) is 34.4 Å². The molecule has 3 nitrogen and oxygen atoms in total. The van der Waals surface area contributed by atoms with Crippen LogP contribution in [0.5, 0.6) is 0 Å². The van der Waals surface area contributed by atoms with Gasteiger partial charge in [0.05, 0.1) is 11.6 Å². The summed E-state index contributed by atoms with van der Waals surface area (Å²) >= 11 is 3.43. The summed E-state index contributed by atoms with van der Waals surface area (Å²) in [6.45, 7) is 4.03. The number of hydrogen-bond donors (Lipinski definition) is 1. The third kappa shape index (κ3) is 3.54. The molecule has 2 fully saturated rings. The van der Waals surface area contributed by atoms with Gasteiger partial charge in [-0.3, -0.25) is 0 Å². The molecule has 1 spiro atoms. The SMILES string of the molecule is CCNC(c1ccc(Br)o1)C1CCOC2(CCCCC2)C1. The van der Waals surface area contributed by atoms with Crippen molar-refractivity contribution in [1.82, 2.24) is 5.32 Å². The minimum Gasteiger partial charge on any atom is -0.453 e. The van der Waals surface area contributed by atoms with Gasteiger partial charge < -0.3 is 14.5 Å². The summed E-state index contributed by atoms with van der Waals surface area (Å²) in [5.41, 5.74) is 0.151. The quantitative estimate of drug-likeness (QED) is 0.840. The van der Waals surface area contributed by atoms with Crippen LogP contribution in [0.1, 0.15) is 63.7 Å². The molecule has 0 amide bonds. The van der Waals surface area contributed by atoms with Crippen LogP contribution in [-0.2, 0) is 4.74 Å². The summed E-state index contributed by atoms with van der Waals surface area (Å²) in [5.74, 6) is 1.66. The molecule has 0 radical (unpaired) electrons. The third-order valence-electron chi connectivity index (χ3n) is 5.09. The van der Waals surface area contributed by atoms with Crippen molar-refractivity contribution in [3.05, 3.63) is 22.6 Å². The highest BCUT2D eigenvalue weighted by molar-refractivity contribution is 9.10. The first-order chi connectivity index (χ1) is 10.2. The molecule has 1 saturated heterocycles. The van der Waals surface area contributed by atoms with Crippen molar-refractivity contribution >= 4 is 15.9 Å². The average molecular weight is 356 g/mol. The van der Waals surface area contributed by atoms with Crippen LogP contribution in [0.15, 0.2) is 21.2 Å². The van der Waals surface area contributed by atoms with Crippen LogP contribution in [0, 0.1) is 5.92 Å². The number of furan rings is 1. The van der Waals surface area contributed by atoms with Gasteiger partial charge in [0.2, 0.25) is 0 Å². The van der Waals surface area contributed by atoms with Crippen LogP contribution in [0.4, 0.5) is 0 Å². The van der Waals surface area contributed by atoms with Crippen molar-refractivity contribution in [2.24, 2.45) is 5.92 Å². The van der Waals surface area contributed by atoms with Gasteiger partial charge in [-0.05, 0) is 66.2 Å². The Morgan fingerprint density at radius 2 is 2.14 bits per heavy atom. The molecule has 1 N–H and O–H groups in total. The number of halogens is 1. The molecular formula is C17H26BrNO2. The molecule has 3 rings (SSSR count). The first kappa shape index (κ1) is 15.6. The summed E-state index contributed by atoms with van der Waals surface area (Å²) in [6, 6.07) is 4.40. The molecule has 1 aliphatic heterocycles. The maximum absolute atomic E-state index is 6.24. The van der Waals surface area contributed by atoms with Gasteiger partial charge in [0, 0.05) is 6.61 Å². The highest BCUT2D eigenvalue weighted by Gasteiger charge is 2.41. The molecule has 2 heterocycles. The number of ether oxygens (including phenoxy) is 1. The lowest BCUT2D eigenvalue weighted by molar-refractivity contribution is -0.122. The molecule has 4 heteroatoms. The molecule has 2 atom stereocenters. The first-order valence-corrected chi connectivity index (χ1v) is 9.14. The van der Waals surface area contributed by atoms with E-state index in [1.165, 1.54) is 38.5 Å². The molecule has 21 heavy (non-hydrogen) atoms. The largest absolute Gasteiger partial charge is 0.453 e. The van der Waals surface area contributed by atoms with E-state index in [-0.39, 0.29) is 5.60 Å². The standard InChI is InChI=1S/C17H26BrNO2/c1-2-19-16(14-6-7-15(18)21-14)13-8-11-20-17(12-13)9-4-3-5-10-17/h6-7,13,16,19H,2-5,8-12H2,1H3. The Labute approximate surface area is 135 Å². The van der Waals surface area contributed by atoms with Crippen molar-refractivity contribution < 1.29 is 9.15 Å². The fourth-order valence-corrected chi connectivity index (χ4v) is 4.43. The number of rotatable bonds is 4. The van der Waals surface area contributed by atoms with Gasteiger partial charge >= 0.3 is 0 Å². The van der Waals surface area contributed by atoms with Crippen LogP contribution in [0.25, 0.3) is 0 Å². The lowest BCUT2D eigenvalue weighted by atomic mass is 9.73. The molecule has 0 aromatic carbocycles. The van der Waals surface area contributed by atoms with Crippen LogP contribution >= 0.6 is 15.9 Å². The molecule has 2 aliphatic rings. The van der Waals surface area contributed by atoms with Crippen molar-refractivity contribution in [2.45, 2.75) is 63.5 Å². The second-order valence-corrected chi connectivity index (χ2v) is 7.30. The molecule has 2 unspecified atom stereocenters. The Balaban J connectivity index is 1.75. The van der Waals surface area contributed by atoms with E-state index >= 15 is 0 Å². The minimum absolute atomic E-state index is 0.151. The van der Waals surface area contributed by atoms with Crippen LogP contribution in [0.3, 0.4) is 0 Å². The summed E-state index contributed by atoms with van der Waals surface area (Å²) in [7, 11) is 0. The van der Waals surface area contributed by atoms with E-state index in [4.69, 9.17) is 9.15 Å². The predicted octanol–water partition coefficient (Wildman–Crippen LogP) is 4.82. The molecule has 1 aromatic heterocycles. The second kappa shape index (κ2) is 6.84. The lowest BCUT2D eigenvalue weighted by Gasteiger charge is -2.45. The molecule has 118 valence electrons. The smallest absolute Gasteiger partial charge is 0.169 e. The fraction of sp³-hybridized carbons (Fsp3) is 0.765.